The van der Waals surface area contributed by atoms with Crippen LogP contribution in [-0.4, -0.2) is 23.3 Å². The minimum Gasteiger partial charge on any atom is -0.480 e. The number of hydrogen-bond donors (Lipinski definition) is 1. The molecule has 1 aromatic heterocycles. The van der Waals surface area contributed by atoms with Gasteiger partial charge in [-0.2, -0.15) is 0 Å². The van der Waals surface area contributed by atoms with Crippen LogP contribution in [0.15, 0.2) is 37.6 Å². The zero-order valence-electron chi connectivity index (χ0n) is 14.4. The Bertz CT molecular complexity index is 834. The van der Waals surface area contributed by atoms with Crippen molar-refractivity contribution in [1.29, 1.82) is 0 Å². The van der Waals surface area contributed by atoms with Gasteiger partial charge in [0, 0.05) is 17.4 Å². The molecule has 1 aromatic carbocycles. The molecule has 0 aliphatic heterocycles. The van der Waals surface area contributed by atoms with E-state index >= 15 is 0 Å². The van der Waals surface area contributed by atoms with Gasteiger partial charge in [-0.3, -0.25) is 9.52 Å². The third-order valence-electron chi connectivity index (χ3n) is 3.31. The summed E-state index contributed by atoms with van der Waals surface area (Å²) in [5.74, 6) is -2.56. The van der Waals surface area contributed by atoms with Gasteiger partial charge < -0.3 is 9.47 Å². The first-order chi connectivity index (χ1) is 13.0. The van der Waals surface area contributed by atoms with E-state index < -0.39 is 17.5 Å². The maximum Gasteiger partial charge on any atom is 0.264 e. The lowest BCUT2D eigenvalue weighted by molar-refractivity contribution is 0.0980. The second kappa shape index (κ2) is 9.57. The van der Waals surface area contributed by atoms with Crippen LogP contribution in [-0.2, 0) is 0 Å². The van der Waals surface area contributed by atoms with Crippen LogP contribution in [0.3, 0.4) is 0 Å². The molecule has 0 saturated heterocycles. The van der Waals surface area contributed by atoms with Crippen molar-refractivity contribution in [3.05, 3.63) is 59.8 Å². The lowest BCUT2D eigenvalue weighted by Crippen LogP contribution is -2.18. The van der Waals surface area contributed by atoms with E-state index in [1.807, 2.05) is 0 Å². The van der Waals surface area contributed by atoms with Gasteiger partial charge in [0.15, 0.2) is 11.6 Å². The zero-order valence-corrected chi connectivity index (χ0v) is 16.0. The number of carbonyl (C=O) groups is 1. The molecule has 1 heterocycles. The molecule has 1 aliphatic carbocycles. The summed E-state index contributed by atoms with van der Waals surface area (Å²) in [5, 5.41) is 0.515. The summed E-state index contributed by atoms with van der Waals surface area (Å²) in [6.07, 6.45) is 3.27. The van der Waals surface area contributed by atoms with Crippen molar-refractivity contribution in [3.8, 4) is 17.4 Å². The van der Waals surface area contributed by atoms with Crippen molar-refractivity contribution in [2.24, 2.45) is 0 Å². The summed E-state index contributed by atoms with van der Waals surface area (Å²) < 4.78 is 41.0. The maximum atomic E-state index is 14.2. The molecule has 3 rings (SSSR count). The van der Waals surface area contributed by atoms with E-state index in [0.717, 1.165) is 25.0 Å². The minimum atomic E-state index is -0.891. The van der Waals surface area contributed by atoms with Crippen LogP contribution < -0.4 is 14.2 Å². The average Bonchev–Trinajstić information content (AvgIpc) is 3.49. The van der Waals surface area contributed by atoms with Crippen LogP contribution in [0.4, 0.5) is 8.78 Å². The molecule has 0 radical (unpaired) electrons. The Morgan fingerprint density at radius 3 is 2.59 bits per heavy atom. The molecule has 1 amide bonds. The Balaban J connectivity index is 0.00000126. The van der Waals surface area contributed by atoms with Crippen molar-refractivity contribution in [1.82, 2.24) is 9.71 Å². The average molecular weight is 415 g/mol. The standard InChI is InChI=1S/C16H13ClF2N2O3S.C2H4/c1-23-16-11(17)4-8(7-20-16)24-14-6-12(18)10(5-13(14)19)15(22)21-25-9-2-3-9;1-2/h4-7,9H,2-3H2,1H3,(H,21,22);1-2H2. The van der Waals surface area contributed by atoms with Gasteiger partial charge in [-0.1, -0.05) is 11.6 Å². The SMILES string of the molecule is C=C.COc1ncc(Oc2cc(F)c(C(=O)NSC3CC3)cc2F)cc1Cl. The van der Waals surface area contributed by atoms with Gasteiger partial charge >= 0.3 is 0 Å². The number of carbonyl (C=O) groups excluding carboxylic acids is 1. The van der Waals surface area contributed by atoms with E-state index in [2.05, 4.69) is 22.9 Å². The largest absolute Gasteiger partial charge is 0.480 e. The van der Waals surface area contributed by atoms with Crippen molar-refractivity contribution >= 4 is 29.5 Å². The highest BCUT2D eigenvalue weighted by Gasteiger charge is 2.24. The summed E-state index contributed by atoms with van der Waals surface area (Å²) in [7, 11) is 1.40. The van der Waals surface area contributed by atoms with Gasteiger partial charge in [-0.25, -0.2) is 13.8 Å². The number of nitrogens with one attached hydrogen (secondary N) is 1. The lowest BCUT2D eigenvalue weighted by atomic mass is 10.2. The molecule has 1 aliphatic rings. The Labute approximate surface area is 164 Å². The fraction of sp³-hybridized carbons (Fsp3) is 0.222. The number of ether oxygens (including phenoxy) is 2. The third-order valence-corrected chi connectivity index (χ3v) is 4.69. The van der Waals surface area contributed by atoms with Gasteiger partial charge in [0.1, 0.15) is 16.6 Å². The molecule has 1 N–H and O–H groups in total. The highest BCUT2D eigenvalue weighted by molar-refractivity contribution is 7.98. The predicted molar refractivity (Wildman–Crippen MR) is 102 cm³/mol. The molecule has 0 spiro atoms. The Morgan fingerprint density at radius 2 is 2.00 bits per heavy atom. The number of amides is 1. The van der Waals surface area contributed by atoms with Gasteiger partial charge in [0.2, 0.25) is 5.88 Å². The fourth-order valence-electron chi connectivity index (χ4n) is 1.90. The highest BCUT2D eigenvalue weighted by atomic mass is 35.5. The number of aromatic nitrogens is 1. The minimum absolute atomic E-state index is 0.102. The molecule has 0 unspecified atom stereocenters. The lowest BCUT2D eigenvalue weighted by Gasteiger charge is -2.10. The number of nitrogens with zero attached hydrogens (tertiary/aromatic N) is 1. The fourth-order valence-corrected chi connectivity index (χ4v) is 2.89. The number of hydrogen-bond acceptors (Lipinski definition) is 5. The summed E-state index contributed by atoms with van der Waals surface area (Å²) in [6, 6.07) is 2.97. The number of halogens is 3. The van der Waals surface area contributed by atoms with Crippen LogP contribution in [0.1, 0.15) is 23.2 Å². The monoisotopic (exact) mass is 414 g/mol. The van der Waals surface area contributed by atoms with E-state index in [4.69, 9.17) is 21.1 Å². The van der Waals surface area contributed by atoms with E-state index in [9.17, 15) is 13.6 Å². The summed E-state index contributed by atoms with van der Waals surface area (Å²) in [6.45, 7) is 6.00. The quantitative estimate of drug-likeness (QED) is 0.522. The molecule has 1 fully saturated rings. The molecule has 9 heteroatoms. The molecular weight excluding hydrogens is 398 g/mol. The molecule has 0 bridgehead atoms. The first kappa shape index (κ1) is 21.0. The van der Waals surface area contributed by atoms with Gasteiger partial charge in [-0.05, 0) is 30.9 Å². The molecular formula is C18H17ClF2N2O3S. The van der Waals surface area contributed by atoms with Crippen molar-refractivity contribution in [2.45, 2.75) is 18.1 Å². The predicted octanol–water partition coefficient (Wildman–Crippen LogP) is 5.16. The van der Waals surface area contributed by atoms with Crippen LogP contribution in [0.25, 0.3) is 0 Å². The number of pyridine rings is 1. The third kappa shape index (κ3) is 5.58. The Kier molecular flexibility index (Phi) is 7.44. The molecule has 1 saturated carbocycles. The summed E-state index contributed by atoms with van der Waals surface area (Å²) in [4.78, 5) is 15.8. The first-order valence-electron chi connectivity index (χ1n) is 7.80. The van der Waals surface area contributed by atoms with Crippen molar-refractivity contribution in [3.63, 3.8) is 0 Å². The van der Waals surface area contributed by atoms with Crippen LogP contribution in [0.5, 0.6) is 17.4 Å². The Morgan fingerprint density at radius 1 is 1.30 bits per heavy atom. The van der Waals surface area contributed by atoms with E-state index in [1.165, 1.54) is 31.3 Å². The normalized spacial score (nSPS) is 12.6. The molecule has 27 heavy (non-hydrogen) atoms. The second-order valence-corrected chi connectivity index (χ2v) is 6.79. The smallest absolute Gasteiger partial charge is 0.264 e. The van der Waals surface area contributed by atoms with Crippen LogP contribution >= 0.6 is 23.5 Å². The van der Waals surface area contributed by atoms with Crippen LogP contribution in [0.2, 0.25) is 5.02 Å². The number of benzene rings is 1. The van der Waals surface area contributed by atoms with E-state index in [-0.39, 0.29) is 28.0 Å². The highest BCUT2D eigenvalue weighted by Crippen LogP contribution is 2.33. The molecule has 2 aromatic rings. The summed E-state index contributed by atoms with van der Waals surface area (Å²) >= 11 is 7.13. The van der Waals surface area contributed by atoms with Crippen molar-refractivity contribution in [2.75, 3.05) is 7.11 Å². The molecule has 144 valence electrons. The number of rotatable bonds is 6. The topological polar surface area (TPSA) is 60.5 Å². The zero-order chi connectivity index (χ0) is 20.0. The van der Waals surface area contributed by atoms with Crippen LogP contribution in [0, 0.1) is 11.6 Å². The summed E-state index contributed by atoms with van der Waals surface area (Å²) in [5.41, 5.74) is -0.385. The van der Waals surface area contributed by atoms with Gasteiger partial charge in [0.25, 0.3) is 5.91 Å². The van der Waals surface area contributed by atoms with Gasteiger partial charge in [0.05, 0.1) is 18.9 Å². The first-order valence-corrected chi connectivity index (χ1v) is 9.06. The van der Waals surface area contributed by atoms with Gasteiger partial charge in [-0.15, -0.1) is 13.2 Å². The number of methoxy groups -OCH3 is 1. The van der Waals surface area contributed by atoms with E-state index in [1.54, 1.807) is 0 Å². The Hall–Kier alpha value is -2.32. The second-order valence-electron chi connectivity index (χ2n) is 5.28. The van der Waals surface area contributed by atoms with E-state index in [0.29, 0.717) is 5.25 Å². The molecule has 5 nitrogen and oxygen atoms in total. The maximum absolute atomic E-state index is 14.2. The van der Waals surface area contributed by atoms with Crippen molar-refractivity contribution < 1.29 is 23.0 Å². The molecule has 0 atom stereocenters.